The standard InChI is InChI=1S/C20H27N3O5/c1-26-17-11-15-16(12-18(17)27-2)22-13-23(20(15)25)9-3-6-19(24)21-8-7-14-5-4-10-28-14/h11-14H,3-10H2,1-2H3,(H,21,24). The van der Waals surface area contributed by atoms with Crippen molar-refractivity contribution >= 4 is 16.8 Å². The minimum Gasteiger partial charge on any atom is -0.493 e. The van der Waals surface area contributed by atoms with Gasteiger partial charge in [-0.05, 0) is 31.7 Å². The summed E-state index contributed by atoms with van der Waals surface area (Å²) < 4.78 is 17.6. The smallest absolute Gasteiger partial charge is 0.261 e. The number of benzene rings is 1. The van der Waals surface area contributed by atoms with Crippen molar-refractivity contribution in [2.45, 2.75) is 44.8 Å². The molecule has 1 saturated heterocycles. The van der Waals surface area contributed by atoms with Crippen LogP contribution >= 0.6 is 0 Å². The molecule has 2 aromatic rings. The van der Waals surface area contributed by atoms with Crippen LogP contribution in [0.1, 0.15) is 32.1 Å². The van der Waals surface area contributed by atoms with E-state index >= 15 is 0 Å². The van der Waals surface area contributed by atoms with Gasteiger partial charge in [0.1, 0.15) is 0 Å². The van der Waals surface area contributed by atoms with Gasteiger partial charge in [-0.2, -0.15) is 0 Å². The lowest BCUT2D eigenvalue weighted by molar-refractivity contribution is -0.121. The number of ether oxygens (including phenoxy) is 3. The first-order valence-electron chi connectivity index (χ1n) is 9.62. The fraction of sp³-hybridized carbons (Fsp3) is 0.550. The molecule has 0 aliphatic carbocycles. The average molecular weight is 389 g/mol. The van der Waals surface area contributed by atoms with Crippen LogP contribution in [0.25, 0.3) is 10.9 Å². The first-order chi connectivity index (χ1) is 13.6. The van der Waals surface area contributed by atoms with Crippen molar-refractivity contribution in [2.24, 2.45) is 0 Å². The minimum atomic E-state index is -0.162. The van der Waals surface area contributed by atoms with Gasteiger partial charge in [-0.25, -0.2) is 4.98 Å². The summed E-state index contributed by atoms with van der Waals surface area (Å²) in [6, 6.07) is 3.32. The summed E-state index contributed by atoms with van der Waals surface area (Å²) >= 11 is 0. The third-order valence-corrected chi connectivity index (χ3v) is 4.94. The Labute approximate surface area is 163 Å². The number of aryl methyl sites for hydroxylation is 1. The lowest BCUT2D eigenvalue weighted by Crippen LogP contribution is -2.27. The van der Waals surface area contributed by atoms with Crippen LogP contribution in [-0.4, -0.2) is 48.9 Å². The van der Waals surface area contributed by atoms with Crippen LogP contribution in [0.2, 0.25) is 0 Å². The SMILES string of the molecule is COc1cc2ncn(CCCC(=O)NCCC3CCCO3)c(=O)c2cc1OC. The maximum absolute atomic E-state index is 12.7. The van der Waals surface area contributed by atoms with Crippen molar-refractivity contribution in [3.05, 3.63) is 28.8 Å². The van der Waals surface area contributed by atoms with Crippen LogP contribution < -0.4 is 20.3 Å². The number of aromatic nitrogens is 2. The summed E-state index contributed by atoms with van der Waals surface area (Å²) in [5.41, 5.74) is 0.385. The van der Waals surface area contributed by atoms with Crippen molar-refractivity contribution in [2.75, 3.05) is 27.4 Å². The zero-order chi connectivity index (χ0) is 19.9. The summed E-state index contributed by atoms with van der Waals surface area (Å²) in [6.45, 7) is 1.88. The third-order valence-electron chi connectivity index (χ3n) is 4.94. The van der Waals surface area contributed by atoms with Gasteiger partial charge in [0.25, 0.3) is 5.56 Å². The molecule has 152 valence electrons. The third kappa shape index (κ3) is 4.81. The molecule has 8 nitrogen and oxygen atoms in total. The predicted octanol–water partition coefficient (Wildman–Crippen LogP) is 1.88. The highest BCUT2D eigenvalue weighted by Crippen LogP contribution is 2.29. The predicted molar refractivity (Wildman–Crippen MR) is 105 cm³/mol. The second-order valence-corrected chi connectivity index (χ2v) is 6.84. The van der Waals surface area contributed by atoms with E-state index in [-0.39, 0.29) is 17.6 Å². The van der Waals surface area contributed by atoms with E-state index in [0.717, 1.165) is 25.9 Å². The van der Waals surface area contributed by atoms with E-state index in [9.17, 15) is 9.59 Å². The van der Waals surface area contributed by atoms with Crippen molar-refractivity contribution in [3.63, 3.8) is 0 Å². The molecule has 1 aliphatic rings. The Bertz CT molecular complexity index is 874. The molecule has 1 aromatic carbocycles. The number of hydrogen-bond donors (Lipinski definition) is 1. The molecule has 1 N–H and O–H groups in total. The van der Waals surface area contributed by atoms with E-state index in [4.69, 9.17) is 14.2 Å². The van der Waals surface area contributed by atoms with E-state index < -0.39 is 0 Å². The van der Waals surface area contributed by atoms with E-state index in [1.165, 1.54) is 25.1 Å². The van der Waals surface area contributed by atoms with Crippen LogP contribution in [0.15, 0.2) is 23.3 Å². The van der Waals surface area contributed by atoms with Gasteiger partial charge in [0.2, 0.25) is 5.91 Å². The number of rotatable bonds is 9. The van der Waals surface area contributed by atoms with Crippen LogP contribution in [0.4, 0.5) is 0 Å². The molecule has 8 heteroatoms. The highest BCUT2D eigenvalue weighted by molar-refractivity contribution is 5.81. The zero-order valence-corrected chi connectivity index (χ0v) is 16.4. The molecule has 2 heterocycles. The summed E-state index contributed by atoms with van der Waals surface area (Å²) in [4.78, 5) is 29.0. The van der Waals surface area contributed by atoms with Crippen molar-refractivity contribution in [1.82, 2.24) is 14.9 Å². The molecular weight excluding hydrogens is 362 g/mol. The lowest BCUT2D eigenvalue weighted by Gasteiger charge is -2.11. The summed E-state index contributed by atoms with van der Waals surface area (Å²) in [7, 11) is 3.06. The topological polar surface area (TPSA) is 91.7 Å². The highest BCUT2D eigenvalue weighted by atomic mass is 16.5. The molecule has 0 saturated carbocycles. The summed E-state index contributed by atoms with van der Waals surface area (Å²) in [6.07, 6.45) is 5.74. The quantitative estimate of drug-likeness (QED) is 0.704. The Kier molecular flexibility index (Phi) is 6.86. The van der Waals surface area contributed by atoms with Crippen LogP contribution in [-0.2, 0) is 16.1 Å². The second-order valence-electron chi connectivity index (χ2n) is 6.84. The van der Waals surface area contributed by atoms with Gasteiger partial charge in [0.15, 0.2) is 11.5 Å². The van der Waals surface area contributed by atoms with E-state index in [1.54, 1.807) is 12.1 Å². The Morgan fingerprint density at radius 3 is 2.82 bits per heavy atom. The largest absolute Gasteiger partial charge is 0.493 e. The Hall–Kier alpha value is -2.61. The number of nitrogens with zero attached hydrogens (tertiary/aromatic N) is 2. The molecule has 1 aromatic heterocycles. The van der Waals surface area contributed by atoms with E-state index in [0.29, 0.717) is 48.3 Å². The molecule has 3 rings (SSSR count). The number of amides is 1. The molecule has 0 bridgehead atoms. The maximum Gasteiger partial charge on any atom is 0.261 e. The Morgan fingerprint density at radius 2 is 2.11 bits per heavy atom. The van der Waals surface area contributed by atoms with Crippen LogP contribution in [0, 0.1) is 0 Å². The van der Waals surface area contributed by atoms with Gasteiger partial charge in [-0.3, -0.25) is 14.2 Å². The molecule has 0 radical (unpaired) electrons. The molecule has 0 spiro atoms. The maximum atomic E-state index is 12.7. The first kappa shape index (κ1) is 20.1. The van der Waals surface area contributed by atoms with Crippen molar-refractivity contribution < 1.29 is 19.0 Å². The number of methoxy groups -OCH3 is 2. The zero-order valence-electron chi connectivity index (χ0n) is 16.4. The number of carbonyl (C=O) groups is 1. The van der Waals surface area contributed by atoms with Gasteiger partial charge in [-0.15, -0.1) is 0 Å². The normalized spacial score (nSPS) is 16.3. The van der Waals surface area contributed by atoms with Gasteiger partial charge in [0.05, 0.1) is 37.6 Å². The van der Waals surface area contributed by atoms with Gasteiger partial charge in [0, 0.05) is 32.2 Å². The van der Waals surface area contributed by atoms with Gasteiger partial charge >= 0.3 is 0 Å². The first-order valence-corrected chi connectivity index (χ1v) is 9.62. The minimum absolute atomic E-state index is 0.00815. The second kappa shape index (κ2) is 9.54. The molecule has 28 heavy (non-hydrogen) atoms. The van der Waals surface area contributed by atoms with Gasteiger partial charge in [-0.1, -0.05) is 0 Å². The van der Waals surface area contributed by atoms with Crippen molar-refractivity contribution in [3.8, 4) is 11.5 Å². The highest BCUT2D eigenvalue weighted by Gasteiger charge is 2.15. The van der Waals surface area contributed by atoms with E-state index in [1.807, 2.05) is 0 Å². The van der Waals surface area contributed by atoms with Crippen LogP contribution in [0.3, 0.4) is 0 Å². The lowest BCUT2D eigenvalue weighted by atomic mass is 10.2. The molecule has 1 aliphatic heterocycles. The van der Waals surface area contributed by atoms with Gasteiger partial charge < -0.3 is 19.5 Å². The Morgan fingerprint density at radius 1 is 1.32 bits per heavy atom. The van der Waals surface area contributed by atoms with Crippen molar-refractivity contribution in [1.29, 1.82) is 0 Å². The number of carbonyl (C=O) groups excluding carboxylic acids is 1. The summed E-state index contributed by atoms with van der Waals surface area (Å²) in [5, 5.41) is 3.37. The molecule has 1 unspecified atom stereocenters. The van der Waals surface area contributed by atoms with Crippen LogP contribution in [0.5, 0.6) is 11.5 Å². The summed E-state index contributed by atoms with van der Waals surface area (Å²) in [5.74, 6) is 1.00. The number of fused-ring (bicyclic) bond motifs is 1. The van der Waals surface area contributed by atoms with E-state index in [2.05, 4.69) is 10.3 Å². The number of hydrogen-bond acceptors (Lipinski definition) is 6. The molecule has 1 fully saturated rings. The number of nitrogens with one attached hydrogen (secondary N) is 1. The fourth-order valence-corrected chi connectivity index (χ4v) is 3.39. The average Bonchev–Trinajstić information content (AvgIpc) is 3.22. The Balaban J connectivity index is 1.54. The fourth-order valence-electron chi connectivity index (χ4n) is 3.39. The monoisotopic (exact) mass is 389 g/mol. The molecule has 1 atom stereocenters. The molecule has 1 amide bonds. The molecular formula is C20H27N3O5.